The van der Waals surface area contributed by atoms with E-state index in [0.717, 1.165) is 89.1 Å². The molecular formula is C56H35N3O. The largest absolute Gasteiger partial charge is 0.457 e. The first-order chi connectivity index (χ1) is 29.7. The molecule has 3 aliphatic rings. The van der Waals surface area contributed by atoms with Crippen molar-refractivity contribution >= 4 is 44.3 Å². The molecule has 60 heavy (non-hydrogen) atoms. The van der Waals surface area contributed by atoms with Crippen molar-refractivity contribution in [3.8, 4) is 45.1 Å². The van der Waals surface area contributed by atoms with Crippen molar-refractivity contribution in [2.75, 3.05) is 5.32 Å². The van der Waals surface area contributed by atoms with Gasteiger partial charge in [-0.15, -0.1) is 0 Å². The predicted octanol–water partition coefficient (Wildman–Crippen LogP) is 13.9. The summed E-state index contributed by atoms with van der Waals surface area (Å²) in [4.78, 5) is 10.7. The summed E-state index contributed by atoms with van der Waals surface area (Å²) < 4.78 is 6.66. The quantitative estimate of drug-likeness (QED) is 0.182. The van der Waals surface area contributed by atoms with E-state index >= 15 is 0 Å². The van der Waals surface area contributed by atoms with Gasteiger partial charge in [0.1, 0.15) is 11.5 Å². The molecule has 1 aliphatic carbocycles. The van der Waals surface area contributed by atoms with Gasteiger partial charge in [-0.25, -0.2) is 9.97 Å². The molecule has 0 amide bonds. The first-order valence-corrected chi connectivity index (χ1v) is 20.6. The van der Waals surface area contributed by atoms with Crippen molar-refractivity contribution in [1.29, 1.82) is 0 Å². The summed E-state index contributed by atoms with van der Waals surface area (Å²) in [5.41, 5.74) is 16.2. The lowest BCUT2D eigenvalue weighted by Gasteiger charge is -2.39. The van der Waals surface area contributed by atoms with Crippen LogP contribution in [0.25, 0.3) is 72.3 Å². The average Bonchev–Trinajstić information content (AvgIpc) is 3.62. The molecule has 4 heterocycles. The van der Waals surface area contributed by atoms with Gasteiger partial charge < -0.3 is 10.1 Å². The Balaban J connectivity index is 1.07. The number of pyridine rings is 2. The number of nitrogens with one attached hydrogen (secondary N) is 1. The van der Waals surface area contributed by atoms with Crippen LogP contribution in [0.3, 0.4) is 0 Å². The maximum Gasteiger partial charge on any atom is 0.132 e. The first kappa shape index (κ1) is 33.2. The normalized spacial score (nSPS) is 15.2. The number of fused-ring (bicyclic) bond motifs is 16. The fourth-order valence-electron chi connectivity index (χ4n) is 10.3. The van der Waals surface area contributed by atoms with Crippen LogP contribution in [0.5, 0.6) is 11.5 Å². The highest BCUT2D eigenvalue weighted by Crippen LogP contribution is 2.63. The molecule has 0 fully saturated rings. The van der Waals surface area contributed by atoms with Crippen LogP contribution in [0.4, 0.5) is 5.69 Å². The summed E-state index contributed by atoms with van der Waals surface area (Å²) in [6, 6.07) is 67.2. The van der Waals surface area contributed by atoms with Crippen LogP contribution < -0.4 is 10.1 Å². The third-order valence-electron chi connectivity index (χ3n) is 12.9. The minimum absolute atomic E-state index is 0.0804. The molecule has 1 N–H and O–H groups in total. The van der Waals surface area contributed by atoms with Gasteiger partial charge in [0.05, 0.1) is 39.6 Å². The van der Waals surface area contributed by atoms with Crippen molar-refractivity contribution in [2.45, 2.75) is 11.5 Å². The zero-order chi connectivity index (χ0) is 39.4. The van der Waals surface area contributed by atoms with Crippen molar-refractivity contribution in [1.82, 2.24) is 9.97 Å². The number of aromatic nitrogens is 2. The van der Waals surface area contributed by atoms with Crippen LogP contribution >= 0.6 is 0 Å². The minimum atomic E-state index is -0.574. The van der Waals surface area contributed by atoms with E-state index in [1.54, 1.807) is 0 Å². The maximum atomic E-state index is 6.66. The van der Waals surface area contributed by atoms with Gasteiger partial charge in [-0.2, -0.15) is 0 Å². The second-order valence-electron chi connectivity index (χ2n) is 16.0. The van der Waals surface area contributed by atoms with Gasteiger partial charge in [0, 0.05) is 43.8 Å². The molecular weight excluding hydrogens is 731 g/mol. The van der Waals surface area contributed by atoms with Crippen LogP contribution in [-0.4, -0.2) is 9.97 Å². The number of para-hydroxylation sites is 2. The van der Waals surface area contributed by atoms with Crippen LogP contribution in [0, 0.1) is 0 Å². The fourth-order valence-corrected chi connectivity index (χ4v) is 10.3. The third kappa shape index (κ3) is 4.61. The fraction of sp³-hybridized carbons (Fsp3) is 0.0357. The summed E-state index contributed by atoms with van der Waals surface area (Å²) in [5.74, 6) is 1.78. The summed E-state index contributed by atoms with van der Waals surface area (Å²) in [7, 11) is 0. The third-order valence-corrected chi connectivity index (χ3v) is 12.9. The zero-order valence-electron chi connectivity index (χ0n) is 32.4. The summed E-state index contributed by atoms with van der Waals surface area (Å²) in [5, 5.41) is 8.52. The number of rotatable bonds is 3. The van der Waals surface area contributed by atoms with Crippen LogP contribution in [-0.2, 0) is 5.41 Å². The summed E-state index contributed by atoms with van der Waals surface area (Å²) >= 11 is 0. The molecule has 10 aromatic rings. The van der Waals surface area contributed by atoms with Gasteiger partial charge in [-0.05, 0) is 63.7 Å². The van der Waals surface area contributed by atoms with Crippen molar-refractivity contribution < 1.29 is 4.74 Å². The summed E-state index contributed by atoms with van der Waals surface area (Å²) in [6.45, 7) is 0. The number of ether oxygens (including phenoxy) is 1. The number of anilines is 1. The Morgan fingerprint density at radius 1 is 0.533 bits per heavy atom. The molecule has 0 bridgehead atoms. The van der Waals surface area contributed by atoms with E-state index in [1.165, 1.54) is 27.6 Å². The predicted molar refractivity (Wildman–Crippen MR) is 245 cm³/mol. The van der Waals surface area contributed by atoms with E-state index in [1.807, 2.05) is 6.07 Å². The van der Waals surface area contributed by atoms with Crippen LogP contribution in [0.15, 0.2) is 194 Å². The van der Waals surface area contributed by atoms with Gasteiger partial charge in [0.15, 0.2) is 0 Å². The van der Waals surface area contributed by atoms with E-state index in [-0.39, 0.29) is 6.04 Å². The average molecular weight is 766 g/mol. The highest BCUT2D eigenvalue weighted by atomic mass is 16.5. The van der Waals surface area contributed by atoms with E-state index < -0.39 is 5.41 Å². The van der Waals surface area contributed by atoms with E-state index in [0.29, 0.717) is 0 Å². The van der Waals surface area contributed by atoms with Crippen LogP contribution in [0.1, 0.15) is 39.4 Å². The van der Waals surface area contributed by atoms with Gasteiger partial charge in [-0.1, -0.05) is 170 Å². The molecule has 2 aliphatic heterocycles. The van der Waals surface area contributed by atoms with Crippen LogP contribution in [0.2, 0.25) is 0 Å². The smallest absolute Gasteiger partial charge is 0.132 e. The monoisotopic (exact) mass is 765 g/mol. The summed E-state index contributed by atoms with van der Waals surface area (Å²) in [6.07, 6.45) is 4.51. The highest BCUT2D eigenvalue weighted by Gasteiger charge is 2.51. The molecule has 280 valence electrons. The second-order valence-corrected chi connectivity index (χ2v) is 16.0. The molecule has 4 nitrogen and oxygen atoms in total. The number of benzene rings is 8. The lowest BCUT2D eigenvalue weighted by atomic mass is 9.66. The molecule has 2 aromatic heterocycles. The molecule has 8 aromatic carbocycles. The number of nitrogens with zero attached hydrogens (tertiary/aromatic N) is 2. The Hall–Kier alpha value is -7.82. The first-order valence-electron chi connectivity index (χ1n) is 20.6. The number of hydrogen-bond donors (Lipinski definition) is 1. The Labute approximate surface area is 347 Å². The SMILES string of the molecule is C1=CC(c2ccc3nc(-c4ccccc4)c4ccc5c(c4c3c2)-c2ccccc2C52c3ccccc3Oc3ccccc32)Nc2c1ccc1ccc(-c3ccccc3)nc21. The van der Waals surface area contributed by atoms with E-state index in [2.05, 4.69) is 199 Å². The van der Waals surface area contributed by atoms with Gasteiger partial charge >= 0.3 is 0 Å². The number of hydrogen-bond acceptors (Lipinski definition) is 4. The van der Waals surface area contributed by atoms with Gasteiger partial charge in [0.25, 0.3) is 0 Å². The van der Waals surface area contributed by atoms with Crippen molar-refractivity contribution in [3.05, 3.63) is 228 Å². The molecule has 4 heteroatoms. The Bertz CT molecular complexity index is 3400. The molecule has 1 spiro atoms. The second kappa shape index (κ2) is 12.6. The Morgan fingerprint density at radius 2 is 1.22 bits per heavy atom. The zero-order valence-corrected chi connectivity index (χ0v) is 32.4. The Kier molecular flexibility index (Phi) is 6.96. The maximum absolute atomic E-state index is 6.66. The topological polar surface area (TPSA) is 47.0 Å². The van der Waals surface area contributed by atoms with Crippen molar-refractivity contribution in [3.63, 3.8) is 0 Å². The standard InChI is InChI=1S/C56H35N3O/c1-3-13-34(14-4-1)46-30-25-36-23-24-37-26-31-47(58-55(37)54(36)57-46)38-27-32-48-41(33-38)51-40(53(59-48)35-15-5-2-6-16-35)28-29-45-52(51)39-17-7-8-18-42(39)56(45)43-19-9-11-21-49(43)60-50-22-12-10-20-44(50)56/h1-33,47,58H. The minimum Gasteiger partial charge on any atom is -0.457 e. The Morgan fingerprint density at radius 3 is 2.00 bits per heavy atom. The van der Waals surface area contributed by atoms with Gasteiger partial charge in [0.2, 0.25) is 0 Å². The lowest BCUT2D eigenvalue weighted by Crippen LogP contribution is -2.32. The van der Waals surface area contributed by atoms with Crippen molar-refractivity contribution in [2.24, 2.45) is 0 Å². The molecule has 1 atom stereocenters. The lowest BCUT2D eigenvalue weighted by molar-refractivity contribution is 0.436. The molecule has 0 saturated heterocycles. The highest BCUT2D eigenvalue weighted by molar-refractivity contribution is 6.20. The van der Waals surface area contributed by atoms with Gasteiger partial charge in [-0.3, -0.25) is 0 Å². The van der Waals surface area contributed by atoms with E-state index in [4.69, 9.17) is 14.7 Å². The van der Waals surface area contributed by atoms with E-state index in [9.17, 15) is 0 Å². The molecule has 13 rings (SSSR count). The molecule has 0 radical (unpaired) electrons. The molecule has 0 saturated carbocycles. The molecule has 1 unspecified atom stereocenters.